The normalized spacial score (nSPS) is 18.7. The van der Waals surface area contributed by atoms with E-state index >= 15 is 0 Å². The molecule has 8 atom stereocenters. The Morgan fingerprint density at radius 2 is 1.50 bits per heavy atom. The van der Waals surface area contributed by atoms with Crippen molar-refractivity contribution in [3.63, 3.8) is 0 Å². The van der Waals surface area contributed by atoms with E-state index in [9.17, 15) is 33.6 Å². The first-order valence-corrected chi connectivity index (χ1v) is 27.3. The summed E-state index contributed by atoms with van der Waals surface area (Å²) in [5, 5.41) is 12.3. The number of benzene rings is 2. The molecule has 7 amide bonds. The first-order chi connectivity index (χ1) is 36.4. The summed E-state index contributed by atoms with van der Waals surface area (Å²) in [7, 11) is 8.83. The lowest BCUT2D eigenvalue weighted by atomic mass is 9.89. The number of aliphatic imine (C=N–C) groups is 1. The molecular formula is C57H86N10O9. The van der Waals surface area contributed by atoms with E-state index in [1.807, 2.05) is 75.3 Å². The highest BCUT2D eigenvalue weighted by Gasteiger charge is 2.43. The molecule has 3 aliphatic rings. The number of ether oxygens (including phenoxy) is 2. The second-order valence-electron chi connectivity index (χ2n) is 21.0. The molecule has 0 aromatic heterocycles. The van der Waals surface area contributed by atoms with Crippen LogP contribution in [0.5, 0.6) is 0 Å². The number of likely N-dealkylation sites (N-methyl/N-ethyl adjacent to an activating group) is 1. The second-order valence-corrected chi connectivity index (χ2v) is 21.0. The highest BCUT2D eigenvalue weighted by molar-refractivity contribution is 6.12. The number of rotatable bonds is 27. The predicted molar refractivity (Wildman–Crippen MR) is 294 cm³/mol. The topological polar surface area (TPSA) is 215 Å². The third kappa shape index (κ3) is 16.9. The van der Waals surface area contributed by atoms with Crippen molar-refractivity contribution in [1.29, 1.82) is 0 Å². The van der Waals surface area contributed by atoms with Gasteiger partial charge in [0.05, 0.1) is 36.6 Å². The molecule has 0 radical (unpaired) electrons. The van der Waals surface area contributed by atoms with Gasteiger partial charge in [-0.2, -0.15) is 0 Å². The van der Waals surface area contributed by atoms with Gasteiger partial charge in [0.15, 0.2) is 5.96 Å². The van der Waals surface area contributed by atoms with Crippen molar-refractivity contribution in [2.24, 2.45) is 22.7 Å². The Balaban J connectivity index is 1.21. The average Bonchev–Trinajstić information content (AvgIpc) is 4.03. The molecule has 76 heavy (non-hydrogen) atoms. The molecule has 19 heteroatoms. The first kappa shape index (κ1) is 60.7. The maximum absolute atomic E-state index is 14.6. The molecule has 5 rings (SSSR count). The van der Waals surface area contributed by atoms with Crippen molar-refractivity contribution in [3.05, 3.63) is 77.9 Å². The van der Waals surface area contributed by atoms with Crippen LogP contribution in [0.3, 0.4) is 0 Å². The quantitative estimate of drug-likeness (QED) is 0.0429. The number of hydrogen-bond acceptors (Lipinski definition) is 11. The Bertz CT molecular complexity index is 2290. The Kier molecular flexibility index (Phi) is 23.9. The van der Waals surface area contributed by atoms with Crippen LogP contribution in [0.4, 0.5) is 5.69 Å². The Labute approximate surface area is 450 Å². The van der Waals surface area contributed by atoms with Crippen molar-refractivity contribution in [3.8, 4) is 0 Å². The monoisotopic (exact) mass is 1050 g/mol. The van der Waals surface area contributed by atoms with Gasteiger partial charge in [-0.15, -0.1) is 0 Å². The van der Waals surface area contributed by atoms with Gasteiger partial charge >= 0.3 is 0 Å². The molecule has 3 aliphatic heterocycles. The number of nitrogens with one attached hydrogen (secondary N) is 4. The van der Waals surface area contributed by atoms with Crippen LogP contribution < -0.4 is 21.3 Å². The Morgan fingerprint density at radius 1 is 0.829 bits per heavy atom. The van der Waals surface area contributed by atoms with E-state index in [0.29, 0.717) is 63.8 Å². The number of anilines is 1. The first-order valence-electron chi connectivity index (χ1n) is 27.3. The van der Waals surface area contributed by atoms with Gasteiger partial charge in [0.25, 0.3) is 11.8 Å². The third-order valence-corrected chi connectivity index (χ3v) is 15.0. The van der Waals surface area contributed by atoms with Gasteiger partial charge in [0.2, 0.25) is 29.5 Å². The smallest absolute Gasteiger partial charge is 0.253 e. The molecule has 2 fully saturated rings. The molecule has 19 nitrogen and oxygen atoms in total. The minimum atomic E-state index is -0.958. The van der Waals surface area contributed by atoms with Crippen LogP contribution >= 0.6 is 0 Å². The highest BCUT2D eigenvalue weighted by atomic mass is 16.5. The molecule has 0 aliphatic carbocycles. The number of guanidine groups is 1. The molecule has 0 spiro atoms. The molecule has 2 aromatic carbocycles. The summed E-state index contributed by atoms with van der Waals surface area (Å²) in [5.74, 6) is -1.93. The predicted octanol–water partition coefficient (Wildman–Crippen LogP) is 4.22. The van der Waals surface area contributed by atoms with E-state index in [1.54, 1.807) is 50.1 Å². The SMILES string of the molecule is CC[C@H](C)[C@@H]([C@@H](CC(=O)N1CCC[C@H]1[C@H](OC)[C@@H](C)C(=O)N[C@@H](Cc1ccccc1)C(=O)Nc1ccc(CNC(=O)CCCCCN2C(=O)C=CC2=O)cc1)OC)N(C)C(=O)[C@@H](N=C(N(C)C)N1CCNCC1)C(C)C. The maximum Gasteiger partial charge on any atom is 0.253 e. The third-order valence-electron chi connectivity index (χ3n) is 15.0. The van der Waals surface area contributed by atoms with Crippen LogP contribution in [0.25, 0.3) is 0 Å². The van der Waals surface area contributed by atoms with Crippen LogP contribution in [0.2, 0.25) is 0 Å². The summed E-state index contributed by atoms with van der Waals surface area (Å²) in [4.78, 5) is 108. The fourth-order valence-corrected chi connectivity index (χ4v) is 10.4. The zero-order valence-electron chi connectivity index (χ0n) is 46.7. The average molecular weight is 1060 g/mol. The minimum Gasteiger partial charge on any atom is -0.379 e. The number of nitrogens with zero attached hydrogens (tertiary/aromatic N) is 6. The lowest BCUT2D eigenvalue weighted by Gasteiger charge is -2.40. The van der Waals surface area contributed by atoms with Gasteiger partial charge in [-0.3, -0.25) is 38.5 Å². The number of carbonyl (C=O) groups is 7. The summed E-state index contributed by atoms with van der Waals surface area (Å²) in [5.41, 5.74) is 2.19. The number of imide groups is 1. The van der Waals surface area contributed by atoms with Gasteiger partial charge in [-0.05, 0) is 60.8 Å². The van der Waals surface area contributed by atoms with Crippen molar-refractivity contribution >= 4 is 53.0 Å². The van der Waals surface area contributed by atoms with Crippen LogP contribution in [0, 0.1) is 17.8 Å². The molecule has 0 unspecified atom stereocenters. The molecule has 0 saturated carbocycles. The summed E-state index contributed by atoms with van der Waals surface area (Å²) < 4.78 is 12.2. The number of piperazine rings is 1. The van der Waals surface area contributed by atoms with Gasteiger partial charge in [0.1, 0.15) is 12.1 Å². The van der Waals surface area contributed by atoms with Crippen molar-refractivity contribution in [2.45, 2.75) is 135 Å². The second kappa shape index (κ2) is 29.9. The summed E-state index contributed by atoms with van der Waals surface area (Å²) in [6.07, 6.45) is 5.75. The van der Waals surface area contributed by atoms with Crippen molar-refractivity contribution < 1.29 is 43.0 Å². The number of carbonyl (C=O) groups excluding carboxylic acids is 7. The largest absolute Gasteiger partial charge is 0.379 e. The molecule has 0 bridgehead atoms. The van der Waals surface area contributed by atoms with Gasteiger partial charge < -0.3 is 50.3 Å². The number of unbranched alkanes of at least 4 members (excludes halogenated alkanes) is 2. The van der Waals surface area contributed by atoms with E-state index in [4.69, 9.17) is 14.5 Å². The standard InChI is InChI=1S/C57H86N10O9/c1-11-39(4)52(64(8)56(74)51(38(2)3)62-57(63(6)7)65-33-29-58-30-34-65)46(75-9)36-50(71)66-32-18-21-45(66)53(76-10)40(5)54(72)61-44(35-41-19-14-12-15-20-41)55(73)60-43-25-23-42(24-26-43)37-59-47(68)22-16-13-17-31-67-48(69)27-28-49(67)70/h12,14-15,19-20,23-28,38-40,44-46,51-53,58H,11,13,16-18,21-22,29-37H2,1-10H3,(H,59,68)(H,60,73)(H,61,72)/t39-,40+,44-,45-,46+,51-,52-,53+/m0/s1. The Hall–Kier alpha value is -6.18. The molecule has 4 N–H and O–H groups in total. The molecular weight excluding hydrogens is 969 g/mol. The van der Waals surface area contributed by atoms with Crippen LogP contribution in [0.15, 0.2) is 71.7 Å². The van der Waals surface area contributed by atoms with E-state index < -0.39 is 54.1 Å². The van der Waals surface area contributed by atoms with Crippen molar-refractivity contribution in [1.82, 2.24) is 40.4 Å². The van der Waals surface area contributed by atoms with E-state index in [2.05, 4.69) is 40.0 Å². The van der Waals surface area contributed by atoms with E-state index in [0.717, 1.165) is 49.7 Å². The molecule has 2 saturated heterocycles. The van der Waals surface area contributed by atoms with Gasteiger partial charge in [-0.1, -0.05) is 89.9 Å². The van der Waals surface area contributed by atoms with Crippen LogP contribution in [-0.4, -0.2) is 183 Å². The number of hydrogen-bond donors (Lipinski definition) is 4. The van der Waals surface area contributed by atoms with E-state index in [1.165, 1.54) is 17.1 Å². The lowest BCUT2D eigenvalue weighted by Crippen LogP contribution is -2.56. The summed E-state index contributed by atoms with van der Waals surface area (Å²) in [6, 6.07) is 14.1. The lowest BCUT2D eigenvalue weighted by molar-refractivity contribution is -0.146. The van der Waals surface area contributed by atoms with Crippen LogP contribution in [0.1, 0.15) is 97.1 Å². The molecule has 2 aromatic rings. The minimum absolute atomic E-state index is 0.0135. The number of likely N-dealkylation sites (tertiary alicyclic amines) is 1. The zero-order chi connectivity index (χ0) is 55.5. The van der Waals surface area contributed by atoms with Crippen molar-refractivity contribution in [2.75, 3.05) is 79.9 Å². The fourth-order valence-electron chi connectivity index (χ4n) is 10.4. The van der Waals surface area contributed by atoms with Crippen LogP contribution in [-0.2, 0) is 56.0 Å². The number of methoxy groups -OCH3 is 2. The summed E-state index contributed by atoms with van der Waals surface area (Å²) >= 11 is 0. The van der Waals surface area contributed by atoms with Gasteiger partial charge in [-0.25, -0.2) is 4.99 Å². The Morgan fingerprint density at radius 3 is 2.11 bits per heavy atom. The molecule has 3 heterocycles. The molecule has 418 valence electrons. The number of amides is 7. The zero-order valence-corrected chi connectivity index (χ0v) is 46.7. The maximum atomic E-state index is 14.6. The fraction of sp³-hybridized carbons (Fsp3) is 0.614. The van der Waals surface area contributed by atoms with E-state index in [-0.39, 0.29) is 54.2 Å². The highest BCUT2D eigenvalue weighted by Crippen LogP contribution is 2.30. The van der Waals surface area contributed by atoms with Gasteiger partial charge in [0, 0.05) is 112 Å². The summed E-state index contributed by atoms with van der Waals surface area (Å²) in [6.45, 7) is 14.3.